The van der Waals surface area contributed by atoms with Gasteiger partial charge in [-0.05, 0) is 108 Å². The normalized spacial score (nSPS) is 16.5. The van der Waals surface area contributed by atoms with Crippen LogP contribution in [-0.4, -0.2) is 73.4 Å². The summed E-state index contributed by atoms with van der Waals surface area (Å²) in [6.07, 6.45) is 6.16. The number of likely N-dealkylation sites (tertiary alicyclic amines) is 1. The summed E-state index contributed by atoms with van der Waals surface area (Å²) in [5.41, 5.74) is 2.85. The molecule has 2 saturated heterocycles. The van der Waals surface area contributed by atoms with E-state index in [9.17, 15) is 8.42 Å². The summed E-state index contributed by atoms with van der Waals surface area (Å²) >= 11 is 0. The van der Waals surface area contributed by atoms with E-state index in [0.717, 1.165) is 31.6 Å². The van der Waals surface area contributed by atoms with E-state index < -0.39 is 10.0 Å². The molecular weight excluding hydrogens is 510 g/mol. The number of hydrogen-bond acceptors (Lipinski definition) is 8. The van der Waals surface area contributed by atoms with E-state index in [-0.39, 0.29) is 6.04 Å². The third-order valence-corrected chi connectivity index (χ3v) is 9.10. The predicted octanol–water partition coefficient (Wildman–Crippen LogP) is 4.75. The molecular formula is C29H41N7O2S. The number of anilines is 4. The molecule has 0 saturated carbocycles. The fourth-order valence-electron chi connectivity index (χ4n) is 4.78. The van der Waals surface area contributed by atoms with E-state index in [1.165, 1.54) is 31.5 Å². The van der Waals surface area contributed by atoms with Gasteiger partial charge in [0.1, 0.15) is 5.82 Å². The number of aryl methyl sites for hydroxylation is 1. The SMILES string of the molecule is C1CCNC1.CCN(C1CCN(C)CC1)S(=O)(=O)c1ccc(Nc2nccc(Nc3ccc(C)cc3)n2)cc1. The first kappa shape index (κ1) is 28.9. The van der Waals surface area contributed by atoms with Crippen molar-refractivity contribution in [2.45, 2.75) is 50.5 Å². The number of nitrogens with zero attached hydrogens (tertiary/aromatic N) is 4. The summed E-state index contributed by atoms with van der Waals surface area (Å²) in [5.74, 6) is 1.09. The van der Waals surface area contributed by atoms with Gasteiger partial charge in [0.05, 0.1) is 4.90 Å². The van der Waals surface area contributed by atoms with E-state index in [2.05, 4.69) is 37.9 Å². The highest BCUT2D eigenvalue weighted by atomic mass is 32.2. The minimum absolute atomic E-state index is 0.0428. The Morgan fingerprint density at radius 1 is 0.949 bits per heavy atom. The number of sulfonamides is 1. The van der Waals surface area contributed by atoms with Gasteiger partial charge in [0.2, 0.25) is 16.0 Å². The van der Waals surface area contributed by atoms with Gasteiger partial charge < -0.3 is 20.9 Å². The van der Waals surface area contributed by atoms with Crippen molar-refractivity contribution in [3.8, 4) is 0 Å². The fourth-order valence-corrected chi connectivity index (χ4v) is 6.47. The molecule has 0 unspecified atom stereocenters. The van der Waals surface area contributed by atoms with Crippen molar-refractivity contribution >= 4 is 33.2 Å². The van der Waals surface area contributed by atoms with Crippen molar-refractivity contribution in [3.05, 3.63) is 66.4 Å². The van der Waals surface area contributed by atoms with Crippen molar-refractivity contribution in [1.82, 2.24) is 24.5 Å². The van der Waals surface area contributed by atoms with Crippen LogP contribution in [0.5, 0.6) is 0 Å². The van der Waals surface area contributed by atoms with E-state index in [1.54, 1.807) is 40.8 Å². The molecule has 0 radical (unpaired) electrons. The maximum Gasteiger partial charge on any atom is 0.243 e. The number of aromatic nitrogens is 2. The molecule has 3 aromatic rings. The second kappa shape index (κ2) is 13.8. The minimum atomic E-state index is -3.56. The second-order valence-electron chi connectivity index (χ2n) is 10.1. The van der Waals surface area contributed by atoms with Crippen LogP contribution in [-0.2, 0) is 10.0 Å². The van der Waals surface area contributed by atoms with Crippen LogP contribution >= 0.6 is 0 Å². The molecule has 1 aromatic heterocycles. The van der Waals surface area contributed by atoms with Gasteiger partial charge in [0, 0.05) is 30.2 Å². The first-order valence-electron chi connectivity index (χ1n) is 13.8. The predicted molar refractivity (Wildman–Crippen MR) is 158 cm³/mol. The topological polar surface area (TPSA) is 102 Å². The first-order valence-corrected chi connectivity index (χ1v) is 15.2. The monoisotopic (exact) mass is 551 g/mol. The number of piperidine rings is 1. The smallest absolute Gasteiger partial charge is 0.243 e. The molecule has 3 N–H and O–H groups in total. The van der Waals surface area contributed by atoms with Gasteiger partial charge in [-0.3, -0.25) is 0 Å². The molecule has 2 aliphatic rings. The second-order valence-corrected chi connectivity index (χ2v) is 12.0. The third kappa shape index (κ3) is 8.22. The van der Waals surface area contributed by atoms with E-state index in [0.29, 0.717) is 28.9 Å². The van der Waals surface area contributed by atoms with Crippen LogP contribution in [0.2, 0.25) is 0 Å². The molecule has 9 nitrogen and oxygen atoms in total. The van der Waals surface area contributed by atoms with Crippen LogP contribution in [0.1, 0.15) is 38.2 Å². The fraction of sp³-hybridized carbons (Fsp3) is 0.448. The number of nitrogens with one attached hydrogen (secondary N) is 3. The van der Waals surface area contributed by atoms with Crippen LogP contribution in [0.15, 0.2) is 65.7 Å². The Morgan fingerprint density at radius 3 is 2.15 bits per heavy atom. The average Bonchev–Trinajstić information content (AvgIpc) is 3.53. The lowest BCUT2D eigenvalue weighted by atomic mass is 10.1. The molecule has 3 heterocycles. The van der Waals surface area contributed by atoms with Crippen molar-refractivity contribution in [3.63, 3.8) is 0 Å². The van der Waals surface area contributed by atoms with Crippen LogP contribution in [0.3, 0.4) is 0 Å². The summed E-state index contributed by atoms with van der Waals surface area (Å²) in [7, 11) is -1.48. The lowest BCUT2D eigenvalue weighted by molar-refractivity contribution is 0.186. The maximum absolute atomic E-state index is 13.3. The Morgan fingerprint density at radius 2 is 1.56 bits per heavy atom. The van der Waals surface area contributed by atoms with E-state index >= 15 is 0 Å². The lowest BCUT2D eigenvalue weighted by Crippen LogP contribution is -2.46. The number of hydrogen-bond donors (Lipinski definition) is 3. The van der Waals surface area contributed by atoms with Crippen LogP contribution in [0.25, 0.3) is 0 Å². The van der Waals surface area contributed by atoms with Gasteiger partial charge in [-0.2, -0.15) is 9.29 Å². The van der Waals surface area contributed by atoms with Crippen molar-refractivity contribution in [2.75, 3.05) is 50.4 Å². The molecule has 2 fully saturated rings. The molecule has 0 atom stereocenters. The Hall–Kier alpha value is -3.05. The Balaban J connectivity index is 0.000000634. The largest absolute Gasteiger partial charge is 0.340 e. The van der Waals surface area contributed by atoms with Crippen LogP contribution in [0, 0.1) is 6.92 Å². The molecule has 2 aromatic carbocycles. The first-order chi connectivity index (χ1) is 18.8. The molecule has 0 bridgehead atoms. The van der Waals surface area contributed by atoms with Gasteiger partial charge >= 0.3 is 0 Å². The molecule has 0 aliphatic carbocycles. The van der Waals surface area contributed by atoms with E-state index in [1.807, 2.05) is 38.1 Å². The molecule has 0 amide bonds. The number of rotatable bonds is 8. The Bertz CT molecular complexity index is 1260. The van der Waals surface area contributed by atoms with Gasteiger partial charge in [-0.1, -0.05) is 24.6 Å². The zero-order valence-electron chi connectivity index (χ0n) is 23.2. The highest BCUT2D eigenvalue weighted by Crippen LogP contribution is 2.25. The molecule has 0 spiro atoms. The zero-order valence-corrected chi connectivity index (χ0v) is 24.0. The van der Waals surface area contributed by atoms with Crippen LogP contribution < -0.4 is 16.0 Å². The molecule has 5 rings (SSSR count). The highest BCUT2D eigenvalue weighted by Gasteiger charge is 2.32. The molecule has 39 heavy (non-hydrogen) atoms. The van der Waals surface area contributed by atoms with Crippen LogP contribution in [0.4, 0.5) is 23.1 Å². The summed E-state index contributed by atoms with van der Waals surface area (Å²) in [4.78, 5) is 11.3. The van der Waals surface area contributed by atoms with Gasteiger partial charge in [-0.15, -0.1) is 0 Å². The standard InChI is InChI=1S/C25H32N6O2S.C4H9N/c1-4-31(22-14-17-30(3)18-15-22)34(32,33)23-11-9-21(10-12-23)28-25-26-16-13-24(29-25)27-20-7-5-19(2)6-8-20;1-2-4-5-3-1/h5-13,16,22H,4,14-15,17-18H2,1-3H3,(H2,26,27,28,29);5H,1-4H2. The van der Waals surface area contributed by atoms with Gasteiger partial charge in [0.25, 0.3) is 0 Å². The molecule has 210 valence electrons. The minimum Gasteiger partial charge on any atom is -0.340 e. The van der Waals surface area contributed by atoms with Crippen molar-refractivity contribution in [1.29, 1.82) is 0 Å². The van der Waals surface area contributed by atoms with E-state index in [4.69, 9.17) is 0 Å². The summed E-state index contributed by atoms with van der Waals surface area (Å²) in [6.45, 7) is 8.74. The third-order valence-electron chi connectivity index (χ3n) is 7.06. The van der Waals surface area contributed by atoms with Gasteiger partial charge in [0.15, 0.2) is 0 Å². The number of benzene rings is 2. The van der Waals surface area contributed by atoms with Gasteiger partial charge in [-0.25, -0.2) is 13.4 Å². The average molecular weight is 552 g/mol. The lowest BCUT2D eigenvalue weighted by Gasteiger charge is -2.36. The van der Waals surface area contributed by atoms with Crippen molar-refractivity contribution < 1.29 is 8.42 Å². The highest BCUT2D eigenvalue weighted by molar-refractivity contribution is 7.89. The molecule has 2 aliphatic heterocycles. The van der Waals surface area contributed by atoms with Crippen molar-refractivity contribution in [2.24, 2.45) is 0 Å². The zero-order chi connectivity index (χ0) is 27.7. The molecule has 10 heteroatoms. The summed E-state index contributed by atoms with van der Waals surface area (Å²) in [6, 6.07) is 16.7. The quantitative estimate of drug-likeness (QED) is 0.369. The Labute approximate surface area is 233 Å². The summed E-state index contributed by atoms with van der Waals surface area (Å²) < 4.78 is 28.3. The maximum atomic E-state index is 13.3. The Kier molecular flexibility index (Phi) is 10.3. The summed E-state index contributed by atoms with van der Waals surface area (Å²) in [5, 5.41) is 9.64.